The van der Waals surface area contributed by atoms with Crippen molar-refractivity contribution in [3.8, 4) is 11.1 Å². The fourth-order valence-electron chi connectivity index (χ4n) is 3.61. The predicted molar refractivity (Wildman–Crippen MR) is 110 cm³/mol. The van der Waals surface area contributed by atoms with Crippen LogP contribution in [0.5, 0.6) is 0 Å². The van der Waals surface area contributed by atoms with Gasteiger partial charge in [0.25, 0.3) is 0 Å². The van der Waals surface area contributed by atoms with Crippen molar-refractivity contribution in [2.24, 2.45) is 5.92 Å². The largest absolute Gasteiger partial charge is 0.379 e. The Kier molecular flexibility index (Phi) is 4.91. The zero-order valence-electron chi connectivity index (χ0n) is 16.2. The highest BCUT2D eigenvalue weighted by Crippen LogP contribution is 2.30. The molecule has 29 heavy (non-hydrogen) atoms. The lowest BCUT2D eigenvalue weighted by molar-refractivity contribution is -0.117. The molecule has 0 unspecified atom stereocenters. The van der Waals surface area contributed by atoms with Gasteiger partial charge in [-0.1, -0.05) is 6.07 Å². The number of fused-ring (bicyclic) bond motifs is 1. The van der Waals surface area contributed by atoms with Gasteiger partial charge in [-0.05, 0) is 48.2 Å². The maximum Gasteiger partial charge on any atom is 0.228 e. The second-order valence-electron chi connectivity index (χ2n) is 7.74. The molecule has 0 bridgehead atoms. The van der Waals surface area contributed by atoms with Gasteiger partial charge in [0.05, 0.1) is 18.7 Å². The van der Waals surface area contributed by atoms with Crippen molar-refractivity contribution in [1.29, 1.82) is 0 Å². The standard InChI is InChI=1S/C22H23N5O2/c28-22(16-1-2-16)24-21-11-18-10-17(3-4-20(18)25-26-21)19-9-15(12-23-13-19)14-27-5-7-29-8-6-27/h3-4,9-13,16H,1-2,5-8,14H2,(H,24,26,28). The number of carbonyl (C=O) groups excluding carboxylic acids is 1. The molecule has 0 radical (unpaired) electrons. The van der Waals surface area contributed by atoms with Crippen LogP contribution < -0.4 is 5.32 Å². The number of ether oxygens (including phenoxy) is 1. The molecular weight excluding hydrogens is 366 g/mol. The highest BCUT2D eigenvalue weighted by atomic mass is 16.5. The van der Waals surface area contributed by atoms with E-state index in [0.29, 0.717) is 5.82 Å². The molecule has 7 nitrogen and oxygen atoms in total. The highest BCUT2D eigenvalue weighted by Gasteiger charge is 2.29. The number of anilines is 1. The number of pyridine rings is 1. The van der Waals surface area contributed by atoms with E-state index in [2.05, 4.69) is 37.5 Å². The van der Waals surface area contributed by atoms with E-state index >= 15 is 0 Å². The Morgan fingerprint density at radius 1 is 1.07 bits per heavy atom. The van der Waals surface area contributed by atoms with Gasteiger partial charge >= 0.3 is 0 Å². The number of aromatic nitrogens is 3. The molecule has 1 amide bonds. The van der Waals surface area contributed by atoms with E-state index in [-0.39, 0.29) is 11.8 Å². The average Bonchev–Trinajstić information content (AvgIpc) is 3.60. The monoisotopic (exact) mass is 389 g/mol. The van der Waals surface area contributed by atoms with Crippen LogP contribution in [0.3, 0.4) is 0 Å². The molecule has 1 aliphatic heterocycles. The van der Waals surface area contributed by atoms with Crippen molar-refractivity contribution < 1.29 is 9.53 Å². The van der Waals surface area contributed by atoms with Gasteiger partial charge in [0, 0.05) is 48.9 Å². The molecule has 148 valence electrons. The minimum atomic E-state index is 0.0369. The van der Waals surface area contributed by atoms with Crippen molar-refractivity contribution in [2.45, 2.75) is 19.4 Å². The molecule has 5 rings (SSSR count). The molecule has 1 saturated heterocycles. The van der Waals surface area contributed by atoms with Crippen molar-refractivity contribution in [2.75, 3.05) is 31.6 Å². The van der Waals surface area contributed by atoms with Crippen LogP contribution in [0, 0.1) is 5.92 Å². The fourth-order valence-corrected chi connectivity index (χ4v) is 3.61. The molecular formula is C22H23N5O2. The van der Waals surface area contributed by atoms with Crippen LogP contribution in [0.15, 0.2) is 42.7 Å². The molecule has 0 spiro atoms. The number of benzene rings is 1. The van der Waals surface area contributed by atoms with Gasteiger partial charge in [-0.25, -0.2) is 0 Å². The Hall–Kier alpha value is -2.90. The molecule has 2 aliphatic rings. The Balaban J connectivity index is 1.38. The average molecular weight is 389 g/mol. The van der Waals surface area contributed by atoms with Crippen LogP contribution in [0.1, 0.15) is 18.4 Å². The molecule has 1 saturated carbocycles. The third-order valence-corrected chi connectivity index (χ3v) is 5.42. The fraction of sp³-hybridized carbons (Fsp3) is 0.364. The molecule has 1 aromatic carbocycles. The summed E-state index contributed by atoms with van der Waals surface area (Å²) in [4.78, 5) is 18.8. The first kappa shape index (κ1) is 18.1. The first-order valence-electron chi connectivity index (χ1n) is 10.1. The van der Waals surface area contributed by atoms with Crippen LogP contribution in [0.4, 0.5) is 5.82 Å². The van der Waals surface area contributed by atoms with E-state index in [1.54, 1.807) is 0 Å². The van der Waals surface area contributed by atoms with Gasteiger partial charge in [0.1, 0.15) is 0 Å². The lowest BCUT2D eigenvalue weighted by Crippen LogP contribution is -2.35. The first-order chi connectivity index (χ1) is 14.2. The van der Waals surface area contributed by atoms with Crippen LogP contribution in [0.2, 0.25) is 0 Å². The summed E-state index contributed by atoms with van der Waals surface area (Å²) in [5.41, 5.74) is 4.13. The second kappa shape index (κ2) is 7.85. The van der Waals surface area contributed by atoms with Crippen molar-refractivity contribution >= 4 is 22.6 Å². The van der Waals surface area contributed by atoms with E-state index in [1.807, 2.05) is 30.6 Å². The zero-order valence-corrected chi connectivity index (χ0v) is 16.2. The molecule has 1 aliphatic carbocycles. The minimum absolute atomic E-state index is 0.0369. The summed E-state index contributed by atoms with van der Waals surface area (Å²) < 4.78 is 5.43. The Morgan fingerprint density at radius 2 is 1.93 bits per heavy atom. The van der Waals surface area contributed by atoms with Gasteiger partial charge in [0.15, 0.2) is 5.82 Å². The smallest absolute Gasteiger partial charge is 0.228 e. The summed E-state index contributed by atoms with van der Waals surface area (Å²) in [6.07, 6.45) is 5.74. The Labute approximate surface area is 169 Å². The van der Waals surface area contributed by atoms with E-state index in [4.69, 9.17) is 4.74 Å². The van der Waals surface area contributed by atoms with E-state index < -0.39 is 0 Å². The maximum absolute atomic E-state index is 12.0. The predicted octanol–water partition coefficient (Wildman–Crippen LogP) is 2.87. The summed E-state index contributed by atoms with van der Waals surface area (Å²) in [5.74, 6) is 0.680. The van der Waals surface area contributed by atoms with E-state index in [1.165, 1.54) is 5.56 Å². The quantitative estimate of drug-likeness (QED) is 0.723. The summed E-state index contributed by atoms with van der Waals surface area (Å²) in [6.45, 7) is 4.36. The number of morpholine rings is 1. The van der Waals surface area contributed by atoms with Gasteiger partial charge in [-0.2, -0.15) is 0 Å². The molecule has 3 heterocycles. The Morgan fingerprint density at radius 3 is 2.76 bits per heavy atom. The highest BCUT2D eigenvalue weighted by molar-refractivity contribution is 5.95. The van der Waals surface area contributed by atoms with Gasteiger partial charge in [-0.3, -0.25) is 14.7 Å². The molecule has 7 heteroatoms. The van der Waals surface area contributed by atoms with E-state index in [0.717, 1.165) is 67.7 Å². The normalized spacial score (nSPS) is 17.4. The minimum Gasteiger partial charge on any atom is -0.379 e. The van der Waals surface area contributed by atoms with E-state index in [9.17, 15) is 4.79 Å². The summed E-state index contributed by atoms with van der Waals surface area (Å²) in [7, 11) is 0. The number of carbonyl (C=O) groups is 1. The maximum atomic E-state index is 12.0. The van der Waals surface area contributed by atoms with Crippen molar-refractivity contribution in [3.63, 3.8) is 0 Å². The molecule has 3 aromatic rings. The summed E-state index contributed by atoms with van der Waals surface area (Å²) in [5, 5.41) is 12.2. The SMILES string of the molecule is O=C(Nc1cc2cc(-c3cncc(CN4CCOCC4)c3)ccc2nn1)C1CC1. The Bertz CT molecular complexity index is 1040. The zero-order chi connectivity index (χ0) is 19.6. The number of amides is 1. The first-order valence-corrected chi connectivity index (χ1v) is 10.1. The number of hydrogen-bond donors (Lipinski definition) is 1. The van der Waals surface area contributed by atoms with Crippen LogP contribution in [0.25, 0.3) is 22.0 Å². The van der Waals surface area contributed by atoms with Gasteiger partial charge in [0.2, 0.25) is 5.91 Å². The lowest BCUT2D eigenvalue weighted by atomic mass is 10.0. The number of rotatable bonds is 5. The molecule has 1 N–H and O–H groups in total. The third kappa shape index (κ3) is 4.26. The second-order valence-corrected chi connectivity index (χ2v) is 7.74. The summed E-state index contributed by atoms with van der Waals surface area (Å²) >= 11 is 0. The molecule has 2 fully saturated rings. The van der Waals surface area contributed by atoms with Crippen LogP contribution in [-0.4, -0.2) is 52.3 Å². The van der Waals surface area contributed by atoms with Crippen LogP contribution in [-0.2, 0) is 16.1 Å². The van der Waals surface area contributed by atoms with Crippen molar-refractivity contribution in [3.05, 3.63) is 48.3 Å². The van der Waals surface area contributed by atoms with Gasteiger partial charge < -0.3 is 10.1 Å². The third-order valence-electron chi connectivity index (χ3n) is 5.42. The number of hydrogen-bond acceptors (Lipinski definition) is 6. The molecule has 0 atom stereocenters. The van der Waals surface area contributed by atoms with Gasteiger partial charge in [-0.15, -0.1) is 10.2 Å². The number of nitrogens with one attached hydrogen (secondary N) is 1. The summed E-state index contributed by atoms with van der Waals surface area (Å²) in [6, 6.07) is 10.1. The lowest BCUT2D eigenvalue weighted by Gasteiger charge is -2.26. The van der Waals surface area contributed by atoms with Crippen molar-refractivity contribution in [1.82, 2.24) is 20.1 Å². The number of nitrogens with zero attached hydrogens (tertiary/aromatic N) is 4. The van der Waals surface area contributed by atoms with Crippen LogP contribution >= 0.6 is 0 Å². The molecule has 2 aromatic heterocycles. The topological polar surface area (TPSA) is 80.2 Å².